The molecule has 3 rings (SSSR count). The van der Waals surface area contributed by atoms with Crippen LogP contribution in [-0.2, 0) is 7.05 Å². The van der Waals surface area contributed by atoms with Crippen LogP contribution in [0.5, 0.6) is 0 Å². The first-order valence-corrected chi connectivity index (χ1v) is 9.28. The number of aromatic nitrogens is 2. The Morgan fingerprint density at radius 3 is 2.65 bits per heavy atom. The van der Waals surface area contributed by atoms with Gasteiger partial charge < -0.3 is 14.6 Å². The molecule has 0 amide bonds. The number of rotatable bonds is 6. The van der Waals surface area contributed by atoms with Crippen LogP contribution in [0.2, 0.25) is 0 Å². The summed E-state index contributed by atoms with van der Waals surface area (Å²) in [6, 6.07) is 10.6. The third-order valence-electron chi connectivity index (χ3n) is 4.62. The number of aliphatic hydroxyl groups is 1. The molecule has 1 fully saturated rings. The van der Waals surface area contributed by atoms with Crippen molar-refractivity contribution in [3.05, 3.63) is 48.5 Å². The van der Waals surface area contributed by atoms with E-state index in [9.17, 15) is 5.11 Å². The summed E-state index contributed by atoms with van der Waals surface area (Å²) in [5, 5.41) is 10.5. The van der Waals surface area contributed by atoms with Crippen molar-refractivity contribution in [3.8, 4) is 0 Å². The maximum absolute atomic E-state index is 10.5. The molecule has 0 radical (unpaired) electrons. The van der Waals surface area contributed by atoms with E-state index in [4.69, 9.17) is 0 Å². The summed E-state index contributed by atoms with van der Waals surface area (Å²) in [5.41, 5.74) is 0. The van der Waals surface area contributed by atoms with Crippen molar-refractivity contribution >= 4 is 11.8 Å². The lowest BCUT2D eigenvalue weighted by atomic mass is 9.91. The molecule has 0 aliphatic carbocycles. The normalized spacial score (nSPS) is 18.2. The second kappa shape index (κ2) is 7.99. The Morgan fingerprint density at radius 1 is 1.26 bits per heavy atom. The van der Waals surface area contributed by atoms with Crippen molar-refractivity contribution in [2.24, 2.45) is 13.0 Å². The summed E-state index contributed by atoms with van der Waals surface area (Å²) in [6.45, 7) is 3.26. The fourth-order valence-electron chi connectivity index (χ4n) is 3.17. The maximum Gasteiger partial charge on any atom is 0.137 e. The Hall–Kier alpha value is -1.30. The summed E-state index contributed by atoms with van der Waals surface area (Å²) in [7, 11) is 1.95. The van der Waals surface area contributed by atoms with Gasteiger partial charge in [-0.3, -0.25) is 0 Å². The molecule has 23 heavy (non-hydrogen) atoms. The lowest BCUT2D eigenvalue weighted by molar-refractivity contribution is 0.0528. The van der Waals surface area contributed by atoms with E-state index in [-0.39, 0.29) is 0 Å². The number of likely N-dealkylation sites (tertiary alicyclic amines) is 1. The van der Waals surface area contributed by atoms with Crippen LogP contribution in [0.4, 0.5) is 0 Å². The van der Waals surface area contributed by atoms with Crippen molar-refractivity contribution in [2.45, 2.75) is 23.8 Å². The zero-order valence-electron chi connectivity index (χ0n) is 13.6. The molecule has 1 atom stereocenters. The number of imidazole rings is 1. The Balaban J connectivity index is 1.41. The van der Waals surface area contributed by atoms with E-state index in [1.807, 2.05) is 29.6 Å². The highest BCUT2D eigenvalue weighted by Crippen LogP contribution is 2.29. The number of hydrogen-bond acceptors (Lipinski definition) is 4. The summed E-state index contributed by atoms with van der Waals surface area (Å²) in [6.07, 6.45) is 5.31. The van der Waals surface area contributed by atoms with Gasteiger partial charge in [-0.2, -0.15) is 0 Å². The molecule has 1 N–H and O–H groups in total. The van der Waals surface area contributed by atoms with E-state index in [0.717, 1.165) is 44.1 Å². The SMILES string of the molecule is Cn1ccnc1C(O)C1CCN(CCSc2ccccc2)CC1. The van der Waals surface area contributed by atoms with Crippen LogP contribution in [-0.4, -0.2) is 44.9 Å². The summed E-state index contributed by atoms with van der Waals surface area (Å²) >= 11 is 1.92. The van der Waals surface area contributed by atoms with Crippen molar-refractivity contribution < 1.29 is 5.11 Å². The second-order valence-corrected chi connectivity index (χ2v) is 7.35. The molecule has 1 saturated heterocycles. The van der Waals surface area contributed by atoms with Crippen LogP contribution >= 0.6 is 11.8 Å². The first-order valence-electron chi connectivity index (χ1n) is 8.29. The van der Waals surface area contributed by atoms with Crippen molar-refractivity contribution in [1.29, 1.82) is 0 Å². The van der Waals surface area contributed by atoms with Crippen LogP contribution in [0.3, 0.4) is 0 Å². The van der Waals surface area contributed by atoms with Gasteiger partial charge in [0.05, 0.1) is 0 Å². The smallest absolute Gasteiger partial charge is 0.137 e. The average molecular weight is 331 g/mol. The van der Waals surface area contributed by atoms with Gasteiger partial charge in [0, 0.05) is 36.6 Å². The van der Waals surface area contributed by atoms with Gasteiger partial charge in [0.1, 0.15) is 11.9 Å². The van der Waals surface area contributed by atoms with E-state index in [1.54, 1.807) is 6.20 Å². The minimum atomic E-state index is -0.434. The molecular formula is C18H25N3OS. The number of aryl methyl sites for hydroxylation is 1. The van der Waals surface area contributed by atoms with Gasteiger partial charge in [0.2, 0.25) is 0 Å². The highest BCUT2D eigenvalue weighted by atomic mass is 32.2. The number of benzene rings is 1. The molecule has 1 aromatic carbocycles. The summed E-state index contributed by atoms with van der Waals surface area (Å²) < 4.78 is 1.92. The van der Waals surface area contributed by atoms with E-state index in [2.05, 4.69) is 40.2 Å². The number of hydrogen-bond donors (Lipinski definition) is 1. The Kier molecular flexibility index (Phi) is 5.75. The van der Waals surface area contributed by atoms with Crippen LogP contribution in [0.1, 0.15) is 24.8 Å². The predicted molar refractivity (Wildman–Crippen MR) is 94.5 cm³/mol. The lowest BCUT2D eigenvalue weighted by Gasteiger charge is -2.33. The molecule has 0 saturated carbocycles. The van der Waals surface area contributed by atoms with E-state index in [1.165, 1.54) is 4.90 Å². The van der Waals surface area contributed by atoms with Crippen LogP contribution < -0.4 is 0 Å². The van der Waals surface area contributed by atoms with Gasteiger partial charge in [-0.05, 0) is 44.0 Å². The van der Waals surface area contributed by atoms with Gasteiger partial charge in [-0.1, -0.05) is 18.2 Å². The molecule has 0 bridgehead atoms. The minimum Gasteiger partial charge on any atom is -0.385 e. The van der Waals surface area contributed by atoms with Gasteiger partial charge in [0.15, 0.2) is 0 Å². The molecule has 2 aromatic rings. The molecule has 124 valence electrons. The van der Waals surface area contributed by atoms with Gasteiger partial charge >= 0.3 is 0 Å². The molecule has 5 heteroatoms. The number of aliphatic hydroxyl groups excluding tert-OH is 1. The quantitative estimate of drug-likeness (QED) is 0.826. The largest absolute Gasteiger partial charge is 0.385 e. The number of nitrogens with zero attached hydrogens (tertiary/aromatic N) is 3. The fourth-order valence-corrected chi connectivity index (χ4v) is 4.11. The topological polar surface area (TPSA) is 41.3 Å². The highest BCUT2D eigenvalue weighted by molar-refractivity contribution is 7.99. The van der Waals surface area contributed by atoms with Crippen molar-refractivity contribution in [3.63, 3.8) is 0 Å². The van der Waals surface area contributed by atoms with Crippen LogP contribution in [0.25, 0.3) is 0 Å². The third-order valence-corrected chi connectivity index (χ3v) is 5.61. The van der Waals surface area contributed by atoms with E-state index >= 15 is 0 Å². The predicted octanol–water partition coefficient (Wildman–Crippen LogP) is 2.96. The molecule has 1 aliphatic heterocycles. The molecular weight excluding hydrogens is 306 g/mol. The third kappa shape index (κ3) is 4.37. The molecule has 0 spiro atoms. The number of thioether (sulfide) groups is 1. The van der Waals surface area contributed by atoms with Gasteiger partial charge in [-0.15, -0.1) is 11.8 Å². The zero-order valence-corrected chi connectivity index (χ0v) is 14.5. The molecule has 2 heterocycles. The highest BCUT2D eigenvalue weighted by Gasteiger charge is 2.28. The Labute approximate surface area is 142 Å². The van der Waals surface area contributed by atoms with Gasteiger partial charge in [0.25, 0.3) is 0 Å². The maximum atomic E-state index is 10.5. The van der Waals surface area contributed by atoms with E-state index in [0.29, 0.717) is 5.92 Å². The molecule has 1 unspecified atom stereocenters. The molecule has 1 aromatic heterocycles. The number of piperidine rings is 1. The van der Waals surface area contributed by atoms with Crippen molar-refractivity contribution in [1.82, 2.24) is 14.5 Å². The monoisotopic (exact) mass is 331 g/mol. The second-order valence-electron chi connectivity index (χ2n) is 6.18. The first kappa shape index (κ1) is 16.6. The van der Waals surface area contributed by atoms with Crippen LogP contribution in [0.15, 0.2) is 47.6 Å². The molecule has 1 aliphatic rings. The summed E-state index contributed by atoms with van der Waals surface area (Å²) in [5.74, 6) is 2.24. The zero-order chi connectivity index (χ0) is 16.1. The summed E-state index contributed by atoms with van der Waals surface area (Å²) in [4.78, 5) is 8.14. The minimum absolute atomic E-state index is 0.328. The van der Waals surface area contributed by atoms with Crippen LogP contribution in [0, 0.1) is 5.92 Å². The lowest BCUT2D eigenvalue weighted by Crippen LogP contribution is -2.37. The fraction of sp³-hybridized carbons (Fsp3) is 0.500. The molecule has 4 nitrogen and oxygen atoms in total. The van der Waals surface area contributed by atoms with Crippen molar-refractivity contribution in [2.75, 3.05) is 25.4 Å². The first-order chi connectivity index (χ1) is 11.2. The average Bonchev–Trinajstić information content (AvgIpc) is 3.02. The Morgan fingerprint density at radius 2 is 2.00 bits per heavy atom. The van der Waals surface area contributed by atoms with Gasteiger partial charge in [-0.25, -0.2) is 4.98 Å². The standard InChI is InChI=1S/C18H25N3OS/c1-20-12-9-19-18(20)17(22)15-7-10-21(11-8-15)13-14-23-16-5-3-2-4-6-16/h2-6,9,12,15,17,22H,7-8,10-11,13-14H2,1H3. The van der Waals surface area contributed by atoms with E-state index < -0.39 is 6.10 Å². The Bertz CT molecular complexity index is 593.